The lowest BCUT2D eigenvalue weighted by Gasteiger charge is -2.03. The number of phenolic OH excluding ortho intramolecular Hbond substituents is 1. The molecule has 0 aromatic heterocycles. The third-order valence-electron chi connectivity index (χ3n) is 2.31. The van der Waals surface area contributed by atoms with E-state index < -0.39 is 0 Å². The molecule has 2 nitrogen and oxygen atoms in total. The number of hydrogen-bond donors (Lipinski definition) is 1. The summed E-state index contributed by atoms with van der Waals surface area (Å²) in [7, 11) is 0. The van der Waals surface area contributed by atoms with Crippen molar-refractivity contribution in [1.29, 1.82) is 0 Å². The van der Waals surface area contributed by atoms with Crippen LogP contribution in [0, 0.1) is 0 Å². The number of carbonyl (C=O) groups excluding carboxylic acids is 1. The monoisotopic (exact) mass is 310 g/mol. The molecule has 1 N–H and O–H groups in total. The van der Waals surface area contributed by atoms with E-state index in [0.717, 1.165) is 0 Å². The molecule has 0 atom stereocenters. The first-order valence-electron chi connectivity index (χ1n) is 4.87. The third kappa shape index (κ3) is 2.68. The largest absolute Gasteiger partial charge is 0.508 e. The van der Waals surface area contributed by atoms with Crippen molar-refractivity contribution in [2.24, 2.45) is 0 Å². The molecular formula is C13H8BrClO2. The van der Waals surface area contributed by atoms with E-state index in [1.54, 1.807) is 30.3 Å². The van der Waals surface area contributed by atoms with Gasteiger partial charge in [-0.1, -0.05) is 11.6 Å². The van der Waals surface area contributed by atoms with Crippen LogP contribution in [-0.4, -0.2) is 10.9 Å². The van der Waals surface area contributed by atoms with Gasteiger partial charge in [-0.25, -0.2) is 0 Å². The number of aromatic hydroxyl groups is 1. The fraction of sp³-hybridized carbons (Fsp3) is 0. The van der Waals surface area contributed by atoms with Gasteiger partial charge < -0.3 is 5.11 Å². The van der Waals surface area contributed by atoms with Crippen molar-refractivity contribution in [3.63, 3.8) is 0 Å². The Labute approximate surface area is 112 Å². The quantitative estimate of drug-likeness (QED) is 0.850. The molecule has 0 aliphatic rings. The van der Waals surface area contributed by atoms with Gasteiger partial charge in [-0.2, -0.15) is 0 Å². The molecule has 0 saturated carbocycles. The van der Waals surface area contributed by atoms with Crippen molar-refractivity contribution in [1.82, 2.24) is 0 Å². The SMILES string of the molecule is O=C(c1ccc(O)cc1)c1ccc(Cl)c(Br)c1. The van der Waals surface area contributed by atoms with E-state index in [4.69, 9.17) is 16.7 Å². The highest BCUT2D eigenvalue weighted by Crippen LogP contribution is 2.24. The Hall–Kier alpha value is -1.32. The van der Waals surface area contributed by atoms with Gasteiger partial charge in [0.25, 0.3) is 0 Å². The summed E-state index contributed by atoms with van der Waals surface area (Å²) in [4.78, 5) is 12.1. The minimum absolute atomic E-state index is 0.109. The zero-order valence-electron chi connectivity index (χ0n) is 8.65. The highest BCUT2D eigenvalue weighted by atomic mass is 79.9. The summed E-state index contributed by atoms with van der Waals surface area (Å²) in [6.45, 7) is 0. The molecule has 0 saturated heterocycles. The zero-order chi connectivity index (χ0) is 12.4. The number of halogens is 2. The predicted molar refractivity (Wildman–Crippen MR) is 70.7 cm³/mol. The van der Waals surface area contributed by atoms with Crippen molar-refractivity contribution >= 4 is 33.3 Å². The maximum absolute atomic E-state index is 12.1. The van der Waals surface area contributed by atoms with Crippen LogP contribution in [0.1, 0.15) is 15.9 Å². The van der Waals surface area contributed by atoms with Gasteiger partial charge in [0, 0.05) is 15.6 Å². The second kappa shape index (κ2) is 4.90. The molecular weight excluding hydrogens is 303 g/mol. The second-order valence-electron chi connectivity index (χ2n) is 3.50. The van der Waals surface area contributed by atoms with Crippen molar-refractivity contribution in [2.75, 3.05) is 0 Å². The second-order valence-corrected chi connectivity index (χ2v) is 4.77. The van der Waals surface area contributed by atoms with Crippen LogP contribution in [0.4, 0.5) is 0 Å². The van der Waals surface area contributed by atoms with E-state index in [2.05, 4.69) is 15.9 Å². The fourth-order valence-corrected chi connectivity index (χ4v) is 1.91. The van der Waals surface area contributed by atoms with Gasteiger partial charge in [-0.15, -0.1) is 0 Å². The molecule has 0 amide bonds. The summed E-state index contributed by atoms with van der Waals surface area (Å²) in [5.41, 5.74) is 1.07. The number of phenols is 1. The Morgan fingerprint density at radius 1 is 1.06 bits per heavy atom. The van der Waals surface area contributed by atoms with Crippen molar-refractivity contribution < 1.29 is 9.90 Å². The lowest BCUT2D eigenvalue weighted by Crippen LogP contribution is -2.00. The van der Waals surface area contributed by atoms with E-state index in [-0.39, 0.29) is 11.5 Å². The van der Waals surface area contributed by atoms with Crippen LogP contribution in [0.2, 0.25) is 5.02 Å². The smallest absolute Gasteiger partial charge is 0.193 e. The van der Waals surface area contributed by atoms with Crippen LogP contribution < -0.4 is 0 Å². The van der Waals surface area contributed by atoms with Gasteiger partial charge in [0.2, 0.25) is 0 Å². The standard InChI is InChI=1S/C13H8BrClO2/c14-11-7-9(3-6-12(11)15)13(17)8-1-4-10(16)5-2-8/h1-7,16H. The number of hydrogen-bond acceptors (Lipinski definition) is 2. The highest BCUT2D eigenvalue weighted by Gasteiger charge is 2.10. The first-order valence-corrected chi connectivity index (χ1v) is 6.04. The van der Waals surface area contributed by atoms with E-state index >= 15 is 0 Å². The van der Waals surface area contributed by atoms with Crippen LogP contribution in [0.5, 0.6) is 5.75 Å². The third-order valence-corrected chi connectivity index (χ3v) is 3.53. The van der Waals surface area contributed by atoms with Crippen LogP contribution in [0.3, 0.4) is 0 Å². The number of carbonyl (C=O) groups is 1. The minimum Gasteiger partial charge on any atom is -0.508 e. The molecule has 4 heteroatoms. The molecule has 0 spiro atoms. The van der Waals surface area contributed by atoms with Gasteiger partial charge in [-0.05, 0) is 58.4 Å². The summed E-state index contributed by atoms with van der Waals surface area (Å²) in [6, 6.07) is 11.1. The van der Waals surface area contributed by atoms with Gasteiger partial charge >= 0.3 is 0 Å². The molecule has 0 unspecified atom stereocenters. The first-order chi connectivity index (χ1) is 8.08. The summed E-state index contributed by atoms with van der Waals surface area (Å²) < 4.78 is 0.684. The van der Waals surface area contributed by atoms with Crippen molar-refractivity contribution in [3.05, 3.63) is 63.1 Å². The van der Waals surface area contributed by atoms with E-state index in [1.165, 1.54) is 12.1 Å². The molecule has 0 fully saturated rings. The molecule has 0 radical (unpaired) electrons. The Morgan fingerprint density at radius 2 is 1.65 bits per heavy atom. The molecule has 17 heavy (non-hydrogen) atoms. The van der Waals surface area contributed by atoms with Gasteiger partial charge in [0.05, 0.1) is 5.02 Å². The predicted octanol–water partition coefficient (Wildman–Crippen LogP) is 4.04. The van der Waals surface area contributed by atoms with Gasteiger partial charge in [0.15, 0.2) is 5.78 Å². The molecule has 0 aliphatic carbocycles. The maximum atomic E-state index is 12.1. The summed E-state index contributed by atoms with van der Waals surface area (Å²) in [5.74, 6) is 0.0289. The number of rotatable bonds is 2. The molecule has 2 aromatic carbocycles. The average Bonchev–Trinajstić information content (AvgIpc) is 2.33. The molecule has 0 aliphatic heterocycles. The molecule has 2 rings (SSSR count). The molecule has 0 bridgehead atoms. The van der Waals surface area contributed by atoms with Crippen LogP contribution >= 0.6 is 27.5 Å². The zero-order valence-corrected chi connectivity index (χ0v) is 11.0. The Bertz CT molecular complexity index is 564. The first kappa shape index (κ1) is 12.1. The van der Waals surface area contributed by atoms with Crippen LogP contribution in [0.15, 0.2) is 46.9 Å². The minimum atomic E-state index is -0.109. The lowest BCUT2D eigenvalue weighted by atomic mass is 10.0. The van der Waals surface area contributed by atoms with Gasteiger partial charge in [-0.3, -0.25) is 4.79 Å². The number of benzene rings is 2. The topological polar surface area (TPSA) is 37.3 Å². The normalized spacial score (nSPS) is 10.2. The van der Waals surface area contributed by atoms with E-state index in [9.17, 15) is 4.79 Å². The van der Waals surface area contributed by atoms with Gasteiger partial charge in [0.1, 0.15) is 5.75 Å². The molecule has 86 valence electrons. The Balaban J connectivity index is 2.37. The maximum Gasteiger partial charge on any atom is 0.193 e. The lowest BCUT2D eigenvalue weighted by molar-refractivity contribution is 0.103. The molecule has 0 heterocycles. The summed E-state index contributed by atoms with van der Waals surface area (Å²) in [6.07, 6.45) is 0. The van der Waals surface area contributed by atoms with E-state index in [1.807, 2.05) is 0 Å². The van der Waals surface area contributed by atoms with Crippen molar-refractivity contribution in [2.45, 2.75) is 0 Å². The summed E-state index contributed by atoms with van der Waals surface area (Å²) in [5, 5.41) is 9.72. The van der Waals surface area contributed by atoms with Crippen molar-refractivity contribution in [3.8, 4) is 5.75 Å². The highest BCUT2D eigenvalue weighted by molar-refractivity contribution is 9.10. The van der Waals surface area contributed by atoms with Crippen LogP contribution in [-0.2, 0) is 0 Å². The molecule has 2 aromatic rings. The fourth-order valence-electron chi connectivity index (χ4n) is 1.42. The summed E-state index contributed by atoms with van der Waals surface area (Å²) >= 11 is 9.14. The Kier molecular flexibility index (Phi) is 3.50. The number of ketones is 1. The van der Waals surface area contributed by atoms with Crippen LogP contribution in [0.25, 0.3) is 0 Å². The van der Waals surface area contributed by atoms with E-state index in [0.29, 0.717) is 20.6 Å². The Morgan fingerprint density at radius 3 is 2.24 bits per heavy atom. The average molecular weight is 312 g/mol.